The van der Waals surface area contributed by atoms with E-state index in [4.69, 9.17) is 9.72 Å². The smallest absolute Gasteiger partial charge is 0.236 e. The van der Waals surface area contributed by atoms with Gasteiger partial charge in [-0.1, -0.05) is 12.8 Å². The molecule has 1 amide bonds. The van der Waals surface area contributed by atoms with Crippen molar-refractivity contribution < 1.29 is 9.53 Å². The molecule has 0 aliphatic carbocycles. The van der Waals surface area contributed by atoms with Gasteiger partial charge in [0, 0.05) is 37.9 Å². The summed E-state index contributed by atoms with van der Waals surface area (Å²) in [6, 6.07) is 0. The van der Waals surface area contributed by atoms with Crippen molar-refractivity contribution in [1.82, 2.24) is 19.8 Å². The first kappa shape index (κ1) is 19.2. The summed E-state index contributed by atoms with van der Waals surface area (Å²) in [5, 5.41) is 0. The van der Waals surface area contributed by atoms with E-state index in [-0.39, 0.29) is 11.8 Å². The van der Waals surface area contributed by atoms with Crippen LogP contribution in [0.4, 0.5) is 0 Å². The number of amides is 1. The summed E-state index contributed by atoms with van der Waals surface area (Å²) in [4.78, 5) is 26.3. The molecule has 0 bridgehead atoms. The standard InChI is InChI=1S/C20H32N4O2/c1-16-21-12-18(15-26-2)20(22-16)17-8-7-11-24(13-17)19(25)14-23-9-5-3-4-6-10-23/h12,17H,3-11,13-15H2,1-2H3. The van der Waals surface area contributed by atoms with Gasteiger partial charge in [-0.25, -0.2) is 9.97 Å². The highest BCUT2D eigenvalue weighted by molar-refractivity contribution is 5.78. The zero-order valence-corrected chi connectivity index (χ0v) is 16.2. The molecule has 144 valence electrons. The summed E-state index contributed by atoms with van der Waals surface area (Å²) in [7, 11) is 1.70. The first-order valence-corrected chi connectivity index (χ1v) is 9.99. The molecule has 2 fully saturated rings. The van der Waals surface area contributed by atoms with Crippen molar-refractivity contribution in [3.63, 3.8) is 0 Å². The van der Waals surface area contributed by atoms with Crippen molar-refractivity contribution in [2.45, 2.75) is 58.0 Å². The number of likely N-dealkylation sites (tertiary alicyclic amines) is 2. The van der Waals surface area contributed by atoms with E-state index in [0.29, 0.717) is 13.2 Å². The van der Waals surface area contributed by atoms with Crippen LogP contribution in [0.2, 0.25) is 0 Å². The van der Waals surface area contributed by atoms with Crippen molar-refractivity contribution in [3.05, 3.63) is 23.3 Å². The number of aryl methyl sites for hydroxylation is 1. The molecule has 6 nitrogen and oxygen atoms in total. The Labute approximate surface area is 156 Å². The molecule has 6 heteroatoms. The van der Waals surface area contributed by atoms with Gasteiger partial charge in [-0.05, 0) is 45.7 Å². The van der Waals surface area contributed by atoms with Crippen LogP contribution in [0.1, 0.15) is 61.5 Å². The van der Waals surface area contributed by atoms with E-state index in [9.17, 15) is 4.79 Å². The first-order chi connectivity index (χ1) is 12.7. The number of aromatic nitrogens is 2. The molecule has 0 saturated carbocycles. The monoisotopic (exact) mass is 360 g/mol. The SMILES string of the molecule is COCc1cnc(C)nc1C1CCCN(C(=O)CN2CCCCCC2)C1. The van der Waals surface area contributed by atoms with Gasteiger partial charge in [0.05, 0.1) is 18.8 Å². The summed E-state index contributed by atoms with van der Waals surface area (Å²) in [5.74, 6) is 1.34. The second-order valence-electron chi connectivity index (χ2n) is 7.63. The highest BCUT2D eigenvalue weighted by atomic mass is 16.5. The van der Waals surface area contributed by atoms with E-state index >= 15 is 0 Å². The predicted octanol–water partition coefficient (Wildman–Crippen LogP) is 2.51. The number of nitrogens with zero attached hydrogens (tertiary/aromatic N) is 4. The lowest BCUT2D eigenvalue weighted by Crippen LogP contribution is -2.45. The second-order valence-corrected chi connectivity index (χ2v) is 7.63. The van der Waals surface area contributed by atoms with Crippen LogP contribution in [0.15, 0.2) is 6.20 Å². The first-order valence-electron chi connectivity index (χ1n) is 9.99. The molecule has 1 atom stereocenters. The molecule has 2 saturated heterocycles. The van der Waals surface area contributed by atoms with Gasteiger partial charge in [0.15, 0.2) is 0 Å². The molecule has 0 spiro atoms. The Balaban J connectivity index is 1.65. The predicted molar refractivity (Wildman–Crippen MR) is 101 cm³/mol. The number of rotatable bonds is 5. The molecule has 26 heavy (non-hydrogen) atoms. The molecule has 0 N–H and O–H groups in total. The van der Waals surface area contributed by atoms with Crippen molar-refractivity contribution >= 4 is 5.91 Å². The van der Waals surface area contributed by atoms with Crippen molar-refractivity contribution in [2.24, 2.45) is 0 Å². The van der Waals surface area contributed by atoms with Gasteiger partial charge in [0.1, 0.15) is 5.82 Å². The third kappa shape index (κ3) is 5.01. The van der Waals surface area contributed by atoms with E-state index in [1.165, 1.54) is 25.7 Å². The average molecular weight is 361 g/mol. The molecule has 2 aliphatic heterocycles. The minimum atomic E-state index is 0.274. The molecule has 2 aliphatic rings. The van der Waals surface area contributed by atoms with Crippen molar-refractivity contribution in [2.75, 3.05) is 39.8 Å². The summed E-state index contributed by atoms with van der Waals surface area (Å²) < 4.78 is 5.32. The molecule has 1 unspecified atom stereocenters. The van der Waals surface area contributed by atoms with E-state index < -0.39 is 0 Å². The maximum atomic E-state index is 12.9. The average Bonchev–Trinajstić information content (AvgIpc) is 2.92. The van der Waals surface area contributed by atoms with Gasteiger partial charge < -0.3 is 9.64 Å². The Kier molecular flexibility index (Phi) is 6.97. The Hall–Kier alpha value is -1.53. The highest BCUT2D eigenvalue weighted by Crippen LogP contribution is 2.28. The number of ether oxygens (including phenoxy) is 1. The molecule has 0 radical (unpaired) electrons. The lowest BCUT2D eigenvalue weighted by molar-refractivity contribution is -0.133. The molecule has 0 aromatic carbocycles. The van der Waals surface area contributed by atoms with Crippen LogP contribution in [0.3, 0.4) is 0 Å². The Morgan fingerprint density at radius 2 is 1.96 bits per heavy atom. The molecular weight excluding hydrogens is 328 g/mol. The second kappa shape index (κ2) is 9.42. The van der Waals surface area contributed by atoms with E-state index in [0.717, 1.165) is 56.1 Å². The lowest BCUT2D eigenvalue weighted by Gasteiger charge is -2.34. The molecule has 1 aromatic heterocycles. The Morgan fingerprint density at radius 3 is 2.69 bits per heavy atom. The fourth-order valence-corrected chi connectivity index (χ4v) is 4.15. The molecule has 3 heterocycles. The van der Waals surface area contributed by atoms with Crippen LogP contribution in [-0.2, 0) is 16.1 Å². The van der Waals surface area contributed by atoms with Crippen molar-refractivity contribution in [1.29, 1.82) is 0 Å². The van der Waals surface area contributed by atoms with Gasteiger partial charge >= 0.3 is 0 Å². The van der Waals surface area contributed by atoms with Crippen LogP contribution < -0.4 is 0 Å². The van der Waals surface area contributed by atoms with Crippen LogP contribution in [0, 0.1) is 6.92 Å². The maximum Gasteiger partial charge on any atom is 0.236 e. The van der Waals surface area contributed by atoms with E-state index in [2.05, 4.69) is 9.88 Å². The number of carbonyl (C=O) groups is 1. The fourth-order valence-electron chi connectivity index (χ4n) is 4.15. The van der Waals surface area contributed by atoms with Gasteiger partial charge in [0.25, 0.3) is 0 Å². The largest absolute Gasteiger partial charge is 0.380 e. The topological polar surface area (TPSA) is 58.6 Å². The normalized spacial score (nSPS) is 22.2. The minimum absolute atomic E-state index is 0.274. The van der Waals surface area contributed by atoms with Crippen LogP contribution in [0.25, 0.3) is 0 Å². The van der Waals surface area contributed by atoms with Crippen LogP contribution >= 0.6 is 0 Å². The minimum Gasteiger partial charge on any atom is -0.380 e. The fraction of sp³-hybridized carbons (Fsp3) is 0.750. The van der Waals surface area contributed by atoms with E-state index in [1.807, 2.05) is 18.0 Å². The molecule has 1 aromatic rings. The number of hydrogen-bond acceptors (Lipinski definition) is 5. The van der Waals surface area contributed by atoms with Crippen LogP contribution in [-0.4, -0.2) is 65.5 Å². The Bertz CT molecular complexity index is 599. The van der Waals surface area contributed by atoms with Gasteiger partial charge in [-0.15, -0.1) is 0 Å². The number of methoxy groups -OCH3 is 1. The summed E-state index contributed by atoms with van der Waals surface area (Å²) >= 11 is 0. The maximum absolute atomic E-state index is 12.9. The molecular formula is C20H32N4O2. The lowest BCUT2D eigenvalue weighted by atomic mass is 9.92. The van der Waals surface area contributed by atoms with Crippen LogP contribution in [0.5, 0.6) is 0 Å². The number of hydrogen-bond donors (Lipinski definition) is 0. The van der Waals surface area contributed by atoms with Crippen molar-refractivity contribution in [3.8, 4) is 0 Å². The number of carbonyl (C=O) groups excluding carboxylic acids is 1. The third-order valence-corrected chi connectivity index (χ3v) is 5.54. The Morgan fingerprint density at radius 1 is 1.19 bits per heavy atom. The highest BCUT2D eigenvalue weighted by Gasteiger charge is 2.28. The third-order valence-electron chi connectivity index (χ3n) is 5.54. The summed E-state index contributed by atoms with van der Waals surface area (Å²) in [6.45, 7) is 6.77. The zero-order chi connectivity index (χ0) is 18.4. The summed E-state index contributed by atoms with van der Waals surface area (Å²) in [6.07, 6.45) is 9.01. The van der Waals surface area contributed by atoms with Gasteiger partial charge in [0.2, 0.25) is 5.91 Å². The van der Waals surface area contributed by atoms with Gasteiger partial charge in [-0.3, -0.25) is 9.69 Å². The number of piperidine rings is 1. The van der Waals surface area contributed by atoms with Gasteiger partial charge in [-0.2, -0.15) is 0 Å². The zero-order valence-electron chi connectivity index (χ0n) is 16.2. The molecule has 3 rings (SSSR count). The quantitative estimate of drug-likeness (QED) is 0.807. The summed E-state index contributed by atoms with van der Waals surface area (Å²) in [5.41, 5.74) is 2.11. The van der Waals surface area contributed by atoms with E-state index in [1.54, 1.807) is 7.11 Å².